The Hall–Kier alpha value is -2.63. The van der Waals surface area contributed by atoms with Crippen molar-refractivity contribution in [2.45, 2.75) is 0 Å². The largest absolute Gasteiger partial charge is 0.478 e. The van der Waals surface area contributed by atoms with Crippen LogP contribution in [0.4, 0.5) is 5.69 Å². The summed E-state index contributed by atoms with van der Waals surface area (Å²) in [5, 5.41) is 19.2. The van der Waals surface area contributed by atoms with Crippen LogP contribution in [-0.4, -0.2) is 16.0 Å². The van der Waals surface area contributed by atoms with Crippen molar-refractivity contribution in [3.63, 3.8) is 0 Å². The first kappa shape index (κ1) is 10.9. The maximum absolute atomic E-state index is 10.6. The SMILES string of the molecule is O=C(O)c1coc(-c2ccc([N+](=O)[O-])cc2)c1. The molecule has 86 valence electrons. The lowest BCUT2D eigenvalue weighted by Gasteiger charge is -1.95. The van der Waals surface area contributed by atoms with Gasteiger partial charge in [0, 0.05) is 17.7 Å². The highest BCUT2D eigenvalue weighted by Gasteiger charge is 2.11. The molecule has 0 amide bonds. The number of non-ortho nitro benzene ring substituents is 1. The van der Waals surface area contributed by atoms with Crippen LogP contribution in [0.3, 0.4) is 0 Å². The fourth-order valence-corrected chi connectivity index (χ4v) is 1.35. The number of rotatable bonds is 3. The first-order chi connectivity index (χ1) is 8.08. The summed E-state index contributed by atoms with van der Waals surface area (Å²) in [6.45, 7) is 0. The number of hydrogen-bond donors (Lipinski definition) is 1. The van der Waals surface area contributed by atoms with E-state index in [0.717, 1.165) is 6.26 Å². The lowest BCUT2D eigenvalue weighted by molar-refractivity contribution is -0.384. The van der Waals surface area contributed by atoms with Crippen LogP contribution in [-0.2, 0) is 0 Å². The zero-order valence-corrected chi connectivity index (χ0v) is 8.49. The summed E-state index contributed by atoms with van der Waals surface area (Å²) in [6.07, 6.45) is 1.12. The van der Waals surface area contributed by atoms with Crippen molar-refractivity contribution in [1.82, 2.24) is 0 Å². The topological polar surface area (TPSA) is 93.6 Å². The molecule has 17 heavy (non-hydrogen) atoms. The van der Waals surface area contributed by atoms with Gasteiger partial charge in [0.05, 0.1) is 10.5 Å². The first-order valence-corrected chi connectivity index (χ1v) is 4.64. The quantitative estimate of drug-likeness (QED) is 0.649. The van der Waals surface area contributed by atoms with E-state index >= 15 is 0 Å². The van der Waals surface area contributed by atoms with Crippen LogP contribution in [0, 0.1) is 10.1 Å². The lowest BCUT2D eigenvalue weighted by atomic mass is 10.1. The number of hydrogen-bond acceptors (Lipinski definition) is 4. The minimum atomic E-state index is -1.08. The van der Waals surface area contributed by atoms with Crippen LogP contribution in [0.15, 0.2) is 41.0 Å². The Labute approximate surface area is 95.3 Å². The van der Waals surface area contributed by atoms with Gasteiger partial charge in [0.1, 0.15) is 12.0 Å². The van der Waals surface area contributed by atoms with E-state index in [1.54, 1.807) is 0 Å². The van der Waals surface area contributed by atoms with E-state index in [9.17, 15) is 14.9 Å². The molecular formula is C11H7NO5. The highest BCUT2D eigenvalue weighted by molar-refractivity contribution is 5.88. The molecule has 0 saturated heterocycles. The number of carbonyl (C=O) groups is 1. The van der Waals surface area contributed by atoms with Crippen molar-refractivity contribution in [3.05, 3.63) is 52.3 Å². The van der Waals surface area contributed by atoms with Crippen LogP contribution < -0.4 is 0 Å². The standard InChI is InChI=1S/C11H7NO5/c13-11(14)8-5-10(17-6-8)7-1-3-9(4-2-7)12(15)16/h1-6H,(H,13,14). The van der Waals surface area contributed by atoms with Gasteiger partial charge in [0.15, 0.2) is 0 Å². The summed E-state index contributed by atoms with van der Waals surface area (Å²) in [5.41, 5.74) is 0.597. The van der Waals surface area contributed by atoms with Gasteiger partial charge in [-0.2, -0.15) is 0 Å². The van der Waals surface area contributed by atoms with Gasteiger partial charge < -0.3 is 9.52 Å². The summed E-state index contributed by atoms with van der Waals surface area (Å²) in [6, 6.07) is 7.03. The molecule has 0 fully saturated rings. The minimum Gasteiger partial charge on any atom is -0.478 e. The molecule has 2 rings (SSSR count). The van der Waals surface area contributed by atoms with E-state index in [2.05, 4.69) is 0 Å². The highest BCUT2D eigenvalue weighted by Crippen LogP contribution is 2.24. The Morgan fingerprint density at radius 1 is 1.29 bits per heavy atom. The Morgan fingerprint density at radius 2 is 1.94 bits per heavy atom. The molecule has 0 bridgehead atoms. The Kier molecular flexibility index (Phi) is 2.61. The molecule has 6 heteroatoms. The third-order valence-electron chi connectivity index (χ3n) is 2.21. The molecular weight excluding hydrogens is 226 g/mol. The maximum Gasteiger partial charge on any atom is 0.338 e. The van der Waals surface area contributed by atoms with Gasteiger partial charge in [-0.1, -0.05) is 0 Å². The molecule has 0 aliphatic heterocycles. The molecule has 0 spiro atoms. The van der Waals surface area contributed by atoms with E-state index in [1.807, 2.05) is 0 Å². The predicted molar refractivity (Wildman–Crippen MR) is 57.8 cm³/mol. The van der Waals surface area contributed by atoms with Crippen molar-refractivity contribution >= 4 is 11.7 Å². The predicted octanol–water partition coefficient (Wildman–Crippen LogP) is 2.55. The number of benzene rings is 1. The number of nitro groups is 1. The van der Waals surface area contributed by atoms with E-state index < -0.39 is 10.9 Å². The van der Waals surface area contributed by atoms with E-state index in [0.29, 0.717) is 11.3 Å². The van der Waals surface area contributed by atoms with E-state index in [4.69, 9.17) is 9.52 Å². The molecule has 0 unspecified atom stereocenters. The zero-order valence-electron chi connectivity index (χ0n) is 8.49. The molecule has 0 aliphatic rings. The summed E-state index contributed by atoms with van der Waals surface area (Å²) < 4.78 is 5.06. The number of nitro benzene ring substituents is 1. The van der Waals surface area contributed by atoms with Crippen LogP contribution in [0.25, 0.3) is 11.3 Å². The number of aromatic carboxylic acids is 1. The molecule has 1 aromatic carbocycles. The zero-order chi connectivity index (χ0) is 12.4. The van der Waals surface area contributed by atoms with Gasteiger partial charge in [0.25, 0.3) is 5.69 Å². The van der Waals surface area contributed by atoms with E-state index in [1.165, 1.54) is 30.3 Å². The van der Waals surface area contributed by atoms with Crippen molar-refractivity contribution in [3.8, 4) is 11.3 Å². The van der Waals surface area contributed by atoms with Crippen molar-refractivity contribution in [1.29, 1.82) is 0 Å². The number of carboxylic acids is 1. The molecule has 0 aliphatic carbocycles. The van der Waals surface area contributed by atoms with Crippen LogP contribution in [0.1, 0.15) is 10.4 Å². The second kappa shape index (κ2) is 4.09. The Morgan fingerprint density at radius 3 is 2.41 bits per heavy atom. The smallest absolute Gasteiger partial charge is 0.338 e. The van der Waals surface area contributed by atoms with Crippen molar-refractivity contribution in [2.75, 3.05) is 0 Å². The average molecular weight is 233 g/mol. The van der Waals surface area contributed by atoms with Gasteiger partial charge in [-0.05, 0) is 18.2 Å². The number of carboxylic acid groups (broad SMARTS) is 1. The summed E-state index contributed by atoms with van der Waals surface area (Å²) >= 11 is 0. The second-order valence-electron chi connectivity index (χ2n) is 3.31. The van der Waals surface area contributed by atoms with Gasteiger partial charge in [-0.3, -0.25) is 10.1 Å². The van der Waals surface area contributed by atoms with Crippen LogP contribution >= 0.6 is 0 Å². The lowest BCUT2D eigenvalue weighted by Crippen LogP contribution is -1.91. The third kappa shape index (κ3) is 2.15. The molecule has 1 aromatic heterocycles. The summed E-state index contributed by atoms with van der Waals surface area (Å²) in [5.74, 6) is -0.723. The van der Waals surface area contributed by atoms with Gasteiger partial charge in [-0.25, -0.2) is 4.79 Å². The normalized spacial score (nSPS) is 10.1. The molecule has 0 saturated carbocycles. The minimum absolute atomic E-state index is 0.0289. The van der Waals surface area contributed by atoms with Gasteiger partial charge >= 0.3 is 5.97 Å². The van der Waals surface area contributed by atoms with E-state index in [-0.39, 0.29) is 11.3 Å². The van der Waals surface area contributed by atoms with Crippen molar-refractivity contribution in [2.24, 2.45) is 0 Å². The molecule has 6 nitrogen and oxygen atoms in total. The molecule has 1 heterocycles. The summed E-state index contributed by atoms with van der Waals surface area (Å²) in [7, 11) is 0. The van der Waals surface area contributed by atoms with Crippen LogP contribution in [0.2, 0.25) is 0 Å². The maximum atomic E-state index is 10.6. The first-order valence-electron chi connectivity index (χ1n) is 4.64. The monoisotopic (exact) mass is 233 g/mol. The number of nitrogens with zero attached hydrogens (tertiary/aromatic N) is 1. The molecule has 1 N–H and O–H groups in total. The number of furan rings is 1. The Balaban J connectivity index is 2.33. The van der Waals surface area contributed by atoms with Crippen molar-refractivity contribution < 1.29 is 19.2 Å². The van der Waals surface area contributed by atoms with Gasteiger partial charge in [0.2, 0.25) is 0 Å². The highest BCUT2D eigenvalue weighted by atomic mass is 16.6. The molecule has 2 aromatic rings. The fourth-order valence-electron chi connectivity index (χ4n) is 1.35. The van der Waals surface area contributed by atoms with Gasteiger partial charge in [-0.15, -0.1) is 0 Å². The second-order valence-corrected chi connectivity index (χ2v) is 3.31. The molecule has 0 atom stereocenters. The summed E-state index contributed by atoms with van der Waals surface area (Å²) in [4.78, 5) is 20.6. The molecule has 0 radical (unpaired) electrons. The Bertz CT molecular complexity index is 570. The van der Waals surface area contributed by atoms with Crippen LogP contribution in [0.5, 0.6) is 0 Å². The third-order valence-corrected chi connectivity index (χ3v) is 2.21. The fraction of sp³-hybridized carbons (Fsp3) is 0. The average Bonchev–Trinajstić information content (AvgIpc) is 2.78.